The minimum atomic E-state index is -0.473. The highest BCUT2D eigenvalue weighted by atomic mass is 16.6. The van der Waals surface area contributed by atoms with Crippen molar-refractivity contribution in [3.05, 3.63) is 65.7 Å². The number of ether oxygens (including phenoxy) is 14. The largest absolute Gasteiger partial charge is 0.491 e. The lowest BCUT2D eigenvalue weighted by molar-refractivity contribution is -0.0285. The number of benzene rings is 2. The summed E-state index contributed by atoms with van der Waals surface area (Å²) in [5, 5.41) is 2.64. The molecule has 330 valence electrons. The first-order valence-corrected chi connectivity index (χ1v) is 19.8. The molecule has 0 aliphatic carbocycles. The second-order valence-corrected chi connectivity index (χ2v) is 11.9. The van der Waals surface area contributed by atoms with Gasteiger partial charge in [-0.3, -0.25) is 4.79 Å². The van der Waals surface area contributed by atoms with Gasteiger partial charge in [0.05, 0.1) is 159 Å². The Morgan fingerprint density at radius 2 is 0.741 bits per heavy atom. The van der Waals surface area contributed by atoms with Crippen molar-refractivity contribution in [3.63, 3.8) is 0 Å². The van der Waals surface area contributed by atoms with Crippen LogP contribution < -0.4 is 10.1 Å². The van der Waals surface area contributed by atoms with E-state index in [9.17, 15) is 9.59 Å². The normalized spacial score (nSPS) is 11.2. The SMILES string of the molecule is O=Cc1ccc(OCCOCCOCCOCCOCCOCCOCCOCCOCCOCCOCCOCCOCCNC(=O)OCc2ccccc2)cc1. The van der Waals surface area contributed by atoms with Crippen molar-refractivity contribution in [2.75, 3.05) is 172 Å². The highest BCUT2D eigenvalue weighted by molar-refractivity contribution is 5.74. The van der Waals surface area contributed by atoms with Gasteiger partial charge in [-0.25, -0.2) is 4.79 Å². The number of carbonyl (C=O) groups is 2. The Balaban J connectivity index is 1.13. The Bertz CT molecular complexity index is 1180. The average molecular weight is 828 g/mol. The number of nitrogens with one attached hydrogen (secondary N) is 1. The summed E-state index contributed by atoms with van der Waals surface area (Å²) >= 11 is 0. The molecule has 0 aliphatic heterocycles. The first kappa shape index (κ1) is 50.8. The van der Waals surface area contributed by atoms with Gasteiger partial charge in [0.15, 0.2) is 0 Å². The standard InChI is InChI=1S/C41H65NO16/c43-36-38-6-8-40(9-7-38)57-35-34-56-33-32-55-31-30-54-29-28-53-27-26-52-25-24-51-23-22-50-21-20-49-19-18-48-17-16-47-15-14-46-13-12-45-11-10-42-41(44)58-37-39-4-2-1-3-5-39/h1-9,36H,10-35,37H2,(H,42,44). The van der Waals surface area contributed by atoms with E-state index < -0.39 is 6.09 Å². The topological polar surface area (TPSA) is 175 Å². The molecule has 0 heterocycles. The van der Waals surface area contributed by atoms with Gasteiger partial charge in [-0.05, 0) is 29.8 Å². The summed E-state index contributed by atoms with van der Waals surface area (Å²) in [5.41, 5.74) is 1.55. The van der Waals surface area contributed by atoms with Gasteiger partial charge in [-0.2, -0.15) is 0 Å². The molecular formula is C41H65NO16. The summed E-state index contributed by atoms with van der Waals surface area (Å²) < 4.78 is 76.4. The van der Waals surface area contributed by atoms with Gasteiger partial charge < -0.3 is 71.6 Å². The summed E-state index contributed by atoms with van der Waals surface area (Å²) in [6, 6.07) is 16.4. The molecule has 0 radical (unpaired) electrons. The van der Waals surface area contributed by atoms with Gasteiger partial charge >= 0.3 is 6.09 Å². The van der Waals surface area contributed by atoms with Gasteiger partial charge in [-0.1, -0.05) is 30.3 Å². The zero-order chi connectivity index (χ0) is 41.1. The van der Waals surface area contributed by atoms with Crippen molar-refractivity contribution < 1.29 is 75.9 Å². The predicted molar refractivity (Wildman–Crippen MR) is 212 cm³/mol. The highest BCUT2D eigenvalue weighted by Crippen LogP contribution is 2.10. The molecule has 0 bridgehead atoms. The number of alkyl carbamates (subject to hydrolysis) is 1. The molecule has 0 unspecified atom stereocenters. The fourth-order valence-electron chi connectivity index (χ4n) is 4.38. The van der Waals surface area contributed by atoms with Crippen molar-refractivity contribution in [1.29, 1.82) is 0 Å². The Labute approximate surface area is 343 Å². The lowest BCUT2D eigenvalue weighted by Crippen LogP contribution is -2.28. The maximum Gasteiger partial charge on any atom is 0.407 e. The zero-order valence-corrected chi connectivity index (χ0v) is 33.9. The molecule has 0 aliphatic rings. The van der Waals surface area contributed by atoms with Crippen LogP contribution in [0.4, 0.5) is 4.79 Å². The molecule has 2 aromatic rings. The molecule has 1 amide bonds. The van der Waals surface area contributed by atoms with Gasteiger partial charge in [-0.15, -0.1) is 0 Å². The molecule has 0 aromatic heterocycles. The Morgan fingerprint density at radius 1 is 0.414 bits per heavy atom. The maximum atomic E-state index is 11.7. The lowest BCUT2D eigenvalue weighted by Gasteiger charge is -2.09. The van der Waals surface area contributed by atoms with Crippen LogP contribution in [0.1, 0.15) is 15.9 Å². The Kier molecular flexibility index (Phi) is 35.5. The van der Waals surface area contributed by atoms with Crippen LogP contribution in [0.5, 0.6) is 5.75 Å². The Hall–Kier alpha value is -3.30. The Morgan fingerprint density at radius 3 is 1.09 bits per heavy atom. The molecule has 1 N–H and O–H groups in total. The second-order valence-electron chi connectivity index (χ2n) is 11.9. The monoisotopic (exact) mass is 827 g/mol. The van der Waals surface area contributed by atoms with E-state index >= 15 is 0 Å². The van der Waals surface area contributed by atoms with Gasteiger partial charge in [0.1, 0.15) is 25.2 Å². The number of hydrogen-bond acceptors (Lipinski definition) is 16. The number of amides is 1. The van der Waals surface area contributed by atoms with Crippen LogP contribution in [0.25, 0.3) is 0 Å². The number of hydrogen-bond donors (Lipinski definition) is 1. The number of aldehydes is 1. The first-order chi connectivity index (χ1) is 28.8. The molecule has 0 fully saturated rings. The fraction of sp³-hybridized carbons (Fsp3) is 0.659. The average Bonchev–Trinajstić information content (AvgIpc) is 3.25. The van der Waals surface area contributed by atoms with E-state index in [1.165, 1.54) is 0 Å². The van der Waals surface area contributed by atoms with E-state index in [2.05, 4.69) is 5.32 Å². The molecular weight excluding hydrogens is 762 g/mol. The summed E-state index contributed by atoms with van der Waals surface area (Å²) in [6.45, 7) is 12.3. The van der Waals surface area contributed by atoms with E-state index in [-0.39, 0.29) is 6.61 Å². The molecule has 2 aromatic carbocycles. The molecule has 0 saturated heterocycles. The minimum Gasteiger partial charge on any atom is -0.491 e. The van der Waals surface area contributed by atoms with E-state index in [0.29, 0.717) is 183 Å². The summed E-state index contributed by atoms with van der Waals surface area (Å²) in [5.74, 6) is 0.699. The van der Waals surface area contributed by atoms with Gasteiger partial charge in [0, 0.05) is 12.1 Å². The van der Waals surface area contributed by atoms with E-state index in [1.54, 1.807) is 24.3 Å². The maximum absolute atomic E-state index is 11.7. The van der Waals surface area contributed by atoms with Crippen molar-refractivity contribution in [3.8, 4) is 5.75 Å². The van der Waals surface area contributed by atoms with Crippen LogP contribution in [0, 0.1) is 0 Å². The molecule has 58 heavy (non-hydrogen) atoms. The van der Waals surface area contributed by atoms with E-state index in [4.69, 9.17) is 66.3 Å². The zero-order valence-electron chi connectivity index (χ0n) is 33.9. The fourth-order valence-corrected chi connectivity index (χ4v) is 4.38. The molecule has 0 saturated carbocycles. The van der Waals surface area contributed by atoms with Gasteiger partial charge in [0.25, 0.3) is 0 Å². The molecule has 17 nitrogen and oxygen atoms in total. The van der Waals surface area contributed by atoms with Crippen molar-refractivity contribution >= 4 is 12.4 Å². The van der Waals surface area contributed by atoms with Crippen LogP contribution in [-0.2, 0) is 68.2 Å². The van der Waals surface area contributed by atoms with E-state index in [0.717, 1.165) is 11.8 Å². The first-order valence-electron chi connectivity index (χ1n) is 19.8. The van der Waals surface area contributed by atoms with Crippen LogP contribution in [0.15, 0.2) is 54.6 Å². The van der Waals surface area contributed by atoms with Gasteiger partial charge in [0.2, 0.25) is 0 Å². The third-order valence-electron chi connectivity index (χ3n) is 7.33. The third-order valence-corrected chi connectivity index (χ3v) is 7.33. The highest BCUT2D eigenvalue weighted by Gasteiger charge is 2.02. The molecule has 0 atom stereocenters. The van der Waals surface area contributed by atoms with Crippen molar-refractivity contribution in [2.45, 2.75) is 6.61 Å². The third kappa shape index (κ3) is 33.6. The summed E-state index contributed by atoms with van der Waals surface area (Å²) in [4.78, 5) is 22.3. The smallest absolute Gasteiger partial charge is 0.407 e. The minimum absolute atomic E-state index is 0.233. The second kappa shape index (κ2) is 40.5. The molecule has 17 heteroatoms. The van der Waals surface area contributed by atoms with Crippen molar-refractivity contribution in [2.24, 2.45) is 0 Å². The lowest BCUT2D eigenvalue weighted by atomic mass is 10.2. The summed E-state index contributed by atoms with van der Waals surface area (Å²) in [6.07, 6.45) is 0.322. The van der Waals surface area contributed by atoms with Crippen LogP contribution in [-0.4, -0.2) is 184 Å². The quantitative estimate of drug-likeness (QED) is 0.0763. The predicted octanol–water partition coefficient (Wildman–Crippen LogP) is 3.00. The van der Waals surface area contributed by atoms with Crippen molar-refractivity contribution in [1.82, 2.24) is 5.32 Å². The van der Waals surface area contributed by atoms with E-state index in [1.807, 2.05) is 30.3 Å². The summed E-state index contributed by atoms with van der Waals surface area (Å²) in [7, 11) is 0. The molecule has 0 spiro atoms. The number of rotatable bonds is 43. The van der Waals surface area contributed by atoms with Crippen LogP contribution >= 0.6 is 0 Å². The number of carbonyl (C=O) groups excluding carboxylic acids is 2. The van der Waals surface area contributed by atoms with Crippen LogP contribution in [0.2, 0.25) is 0 Å². The molecule has 2 rings (SSSR count). The van der Waals surface area contributed by atoms with Crippen LogP contribution in [0.3, 0.4) is 0 Å².